The van der Waals surface area contributed by atoms with Crippen LogP contribution in [0.25, 0.3) is 11.0 Å². The summed E-state index contributed by atoms with van der Waals surface area (Å²) in [6.07, 6.45) is 1.91. The number of halogens is 1. The number of hydrogen-bond donors (Lipinski definition) is 0. The first kappa shape index (κ1) is 24.6. The Morgan fingerprint density at radius 2 is 1.78 bits per heavy atom. The summed E-state index contributed by atoms with van der Waals surface area (Å²) in [6, 6.07) is 16.3. The Morgan fingerprint density at radius 3 is 2.51 bits per heavy atom. The first-order chi connectivity index (χ1) is 17.9. The number of methoxy groups -OCH3 is 1. The number of carbonyl (C=O) groups excluding carboxylic acids is 1. The SMILES string of the molecule is CCCCOc1ccc(C2c3c(oc4ccc(F)cc4c3=O)C(=O)N2Cc2ccc(C)cc2)cc1OC. The average Bonchev–Trinajstić information content (AvgIpc) is 3.17. The van der Waals surface area contributed by atoms with Crippen molar-refractivity contribution in [2.75, 3.05) is 13.7 Å². The Labute approximate surface area is 214 Å². The van der Waals surface area contributed by atoms with E-state index in [0.717, 1.165) is 30.0 Å². The largest absolute Gasteiger partial charge is 0.493 e. The van der Waals surface area contributed by atoms with Crippen LogP contribution in [-0.4, -0.2) is 24.5 Å². The summed E-state index contributed by atoms with van der Waals surface area (Å²) in [7, 11) is 1.55. The highest BCUT2D eigenvalue weighted by atomic mass is 19.1. The molecule has 7 heteroatoms. The minimum Gasteiger partial charge on any atom is -0.493 e. The fourth-order valence-electron chi connectivity index (χ4n) is 4.69. The second kappa shape index (κ2) is 10.1. The third-order valence-corrected chi connectivity index (χ3v) is 6.66. The first-order valence-corrected chi connectivity index (χ1v) is 12.3. The normalized spacial score (nSPS) is 14.8. The van der Waals surface area contributed by atoms with E-state index < -0.39 is 23.2 Å². The van der Waals surface area contributed by atoms with Crippen LogP contribution in [0, 0.1) is 12.7 Å². The molecule has 1 aliphatic rings. The van der Waals surface area contributed by atoms with Gasteiger partial charge in [-0.25, -0.2) is 4.39 Å². The van der Waals surface area contributed by atoms with Crippen LogP contribution in [0.5, 0.6) is 11.5 Å². The van der Waals surface area contributed by atoms with Gasteiger partial charge >= 0.3 is 0 Å². The summed E-state index contributed by atoms with van der Waals surface area (Å²) in [5, 5.41) is 0.0974. The molecule has 3 aromatic carbocycles. The Kier molecular flexibility index (Phi) is 6.70. The minimum atomic E-state index is -0.744. The van der Waals surface area contributed by atoms with Crippen LogP contribution >= 0.6 is 0 Å². The number of aryl methyl sites for hydroxylation is 1. The van der Waals surface area contributed by atoms with Gasteiger partial charge in [-0.3, -0.25) is 9.59 Å². The number of nitrogens with zero attached hydrogens (tertiary/aromatic N) is 1. The second-order valence-corrected chi connectivity index (χ2v) is 9.25. The minimum absolute atomic E-state index is 0.0246. The van der Waals surface area contributed by atoms with Crippen LogP contribution in [0.1, 0.15) is 58.6 Å². The highest BCUT2D eigenvalue weighted by molar-refractivity contribution is 5.99. The molecule has 1 atom stereocenters. The highest BCUT2D eigenvalue weighted by Crippen LogP contribution is 2.41. The predicted molar refractivity (Wildman–Crippen MR) is 139 cm³/mol. The van der Waals surface area contributed by atoms with E-state index in [4.69, 9.17) is 13.9 Å². The van der Waals surface area contributed by atoms with Gasteiger partial charge in [-0.15, -0.1) is 0 Å². The second-order valence-electron chi connectivity index (χ2n) is 9.25. The van der Waals surface area contributed by atoms with Crippen LogP contribution in [0.3, 0.4) is 0 Å². The fraction of sp³-hybridized carbons (Fsp3) is 0.267. The van der Waals surface area contributed by atoms with Crippen molar-refractivity contribution >= 4 is 16.9 Å². The van der Waals surface area contributed by atoms with Crippen molar-refractivity contribution in [2.24, 2.45) is 0 Å². The summed E-state index contributed by atoms with van der Waals surface area (Å²) in [6.45, 7) is 4.89. The van der Waals surface area contributed by atoms with E-state index in [1.54, 1.807) is 24.1 Å². The Hall–Kier alpha value is -4.13. The van der Waals surface area contributed by atoms with Crippen LogP contribution in [-0.2, 0) is 6.54 Å². The molecule has 0 bridgehead atoms. The summed E-state index contributed by atoms with van der Waals surface area (Å²) < 4.78 is 31.4. The summed E-state index contributed by atoms with van der Waals surface area (Å²) in [5.74, 6) is 0.116. The zero-order chi connectivity index (χ0) is 26.1. The average molecular weight is 502 g/mol. The molecule has 0 aliphatic carbocycles. The van der Waals surface area contributed by atoms with Crippen molar-refractivity contribution in [2.45, 2.75) is 39.3 Å². The molecule has 0 fully saturated rings. The lowest BCUT2D eigenvalue weighted by Crippen LogP contribution is -2.29. The zero-order valence-electron chi connectivity index (χ0n) is 21.0. The van der Waals surface area contributed by atoms with Crippen LogP contribution in [0.2, 0.25) is 0 Å². The monoisotopic (exact) mass is 501 g/mol. The van der Waals surface area contributed by atoms with Gasteiger partial charge in [0.15, 0.2) is 16.9 Å². The van der Waals surface area contributed by atoms with Gasteiger partial charge in [0, 0.05) is 6.54 Å². The number of carbonyl (C=O) groups is 1. The van der Waals surface area contributed by atoms with Crippen LogP contribution in [0.15, 0.2) is 69.9 Å². The number of fused-ring (bicyclic) bond motifs is 2. The van der Waals surface area contributed by atoms with E-state index in [0.29, 0.717) is 23.7 Å². The molecule has 6 nitrogen and oxygen atoms in total. The Morgan fingerprint density at radius 1 is 1.00 bits per heavy atom. The van der Waals surface area contributed by atoms with E-state index in [1.807, 2.05) is 37.3 Å². The molecular formula is C30H28FNO5. The number of amides is 1. The lowest BCUT2D eigenvalue weighted by atomic mass is 9.97. The predicted octanol–water partition coefficient (Wildman–Crippen LogP) is 6.17. The molecule has 1 amide bonds. The quantitative estimate of drug-likeness (QED) is 0.270. The Balaban J connectivity index is 1.66. The van der Waals surface area contributed by atoms with E-state index in [-0.39, 0.29) is 28.8 Å². The molecule has 37 heavy (non-hydrogen) atoms. The van der Waals surface area contributed by atoms with E-state index >= 15 is 0 Å². The summed E-state index contributed by atoms with van der Waals surface area (Å²) in [5.41, 5.74) is 2.62. The van der Waals surface area contributed by atoms with Gasteiger partial charge in [0.25, 0.3) is 5.91 Å². The molecule has 4 aromatic rings. The molecule has 1 unspecified atom stereocenters. The fourth-order valence-corrected chi connectivity index (χ4v) is 4.69. The number of rotatable bonds is 8. The van der Waals surface area contributed by atoms with Gasteiger partial charge in [0.2, 0.25) is 5.76 Å². The number of unbranched alkanes of at least 4 members (excludes halogenated alkanes) is 1. The molecular weight excluding hydrogens is 473 g/mol. The maximum absolute atomic E-state index is 14.0. The topological polar surface area (TPSA) is 69.0 Å². The lowest BCUT2D eigenvalue weighted by Gasteiger charge is -2.26. The van der Waals surface area contributed by atoms with Gasteiger partial charge in [-0.05, 0) is 54.8 Å². The Bertz CT molecular complexity index is 1530. The van der Waals surface area contributed by atoms with Crippen molar-refractivity contribution < 1.29 is 23.1 Å². The van der Waals surface area contributed by atoms with Crippen LogP contribution < -0.4 is 14.9 Å². The van der Waals surface area contributed by atoms with Gasteiger partial charge in [-0.2, -0.15) is 0 Å². The standard InChI is InChI=1S/C30H28FNO5/c1-4-5-14-36-24-12-10-20(15-25(24)35-3)27-26-28(33)22-16-21(31)11-13-23(22)37-29(26)30(34)32(27)17-19-8-6-18(2)7-9-19/h6-13,15-16,27H,4-5,14,17H2,1-3H3. The molecule has 0 N–H and O–H groups in total. The van der Waals surface area contributed by atoms with Crippen molar-refractivity contribution in [1.29, 1.82) is 0 Å². The molecule has 0 spiro atoms. The van der Waals surface area contributed by atoms with E-state index in [1.165, 1.54) is 12.1 Å². The molecule has 5 rings (SSSR count). The van der Waals surface area contributed by atoms with Crippen molar-refractivity contribution in [3.05, 3.63) is 105 Å². The third-order valence-electron chi connectivity index (χ3n) is 6.66. The maximum Gasteiger partial charge on any atom is 0.291 e. The molecule has 0 saturated carbocycles. The van der Waals surface area contributed by atoms with Crippen molar-refractivity contribution in [3.63, 3.8) is 0 Å². The molecule has 1 aromatic heterocycles. The van der Waals surface area contributed by atoms with Crippen LogP contribution in [0.4, 0.5) is 4.39 Å². The molecule has 1 aliphatic heterocycles. The van der Waals surface area contributed by atoms with Crippen molar-refractivity contribution in [3.8, 4) is 11.5 Å². The number of benzene rings is 3. The first-order valence-electron chi connectivity index (χ1n) is 12.3. The van der Waals surface area contributed by atoms with E-state index in [2.05, 4.69) is 6.92 Å². The summed E-state index contributed by atoms with van der Waals surface area (Å²) >= 11 is 0. The summed E-state index contributed by atoms with van der Waals surface area (Å²) in [4.78, 5) is 29.0. The zero-order valence-corrected chi connectivity index (χ0v) is 21.0. The van der Waals surface area contributed by atoms with E-state index in [9.17, 15) is 14.0 Å². The molecule has 190 valence electrons. The lowest BCUT2D eigenvalue weighted by molar-refractivity contribution is 0.0714. The smallest absolute Gasteiger partial charge is 0.291 e. The van der Waals surface area contributed by atoms with Gasteiger partial charge in [0.05, 0.1) is 30.7 Å². The van der Waals surface area contributed by atoms with Gasteiger partial charge in [0.1, 0.15) is 11.4 Å². The van der Waals surface area contributed by atoms with Gasteiger partial charge < -0.3 is 18.8 Å². The highest BCUT2D eigenvalue weighted by Gasteiger charge is 2.43. The molecule has 2 heterocycles. The van der Waals surface area contributed by atoms with Crippen molar-refractivity contribution in [1.82, 2.24) is 4.90 Å². The number of ether oxygens (including phenoxy) is 2. The third kappa shape index (κ3) is 4.57. The molecule has 0 saturated heterocycles. The number of hydrogen-bond acceptors (Lipinski definition) is 5. The van der Waals surface area contributed by atoms with Gasteiger partial charge in [-0.1, -0.05) is 49.2 Å². The molecule has 0 radical (unpaired) electrons. The maximum atomic E-state index is 14.0.